The Bertz CT molecular complexity index is 1010. The molecule has 3 nitrogen and oxygen atoms in total. The van der Waals surface area contributed by atoms with E-state index in [0.29, 0.717) is 6.61 Å². The van der Waals surface area contributed by atoms with Crippen LogP contribution < -0.4 is 4.74 Å². The number of nitrogens with zero attached hydrogens (tertiary/aromatic N) is 2. The standard InChI is InChI=1S/C17H12N2O/c1-10-17-19-15-11(9-20-17)5-4-8-13(15)12-6-2-3-7-14(12)16(19)18-10/h2-8H,9H2,1H3. The lowest BCUT2D eigenvalue weighted by atomic mass is 10.0. The SMILES string of the molecule is Cc1nc2c3ccccc3c3cccc4c3n2c1OC4. The number of hydrogen-bond acceptors (Lipinski definition) is 2. The molecule has 0 aliphatic carbocycles. The maximum Gasteiger partial charge on any atom is 0.222 e. The maximum atomic E-state index is 5.91. The molecular weight excluding hydrogens is 248 g/mol. The highest BCUT2D eigenvalue weighted by molar-refractivity contribution is 6.12. The van der Waals surface area contributed by atoms with E-state index in [1.807, 2.05) is 6.92 Å². The van der Waals surface area contributed by atoms with Crippen LogP contribution >= 0.6 is 0 Å². The number of hydrogen-bond donors (Lipinski definition) is 0. The molecule has 4 aromatic rings. The number of ether oxygens (including phenoxy) is 1. The third-order valence-corrected chi connectivity index (χ3v) is 4.16. The van der Waals surface area contributed by atoms with Gasteiger partial charge in [0.25, 0.3) is 0 Å². The smallest absolute Gasteiger partial charge is 0.222 e. The van der Waals surface area contributed by atoms with E-state index >= 15 is 0 Å². The van der Waals surface area contributed by atoms with E-state index in [1.165, 1.54) is 27.2 Å². The molecule has 0 saturated carbocycles. The third-order valence-electron chi connectivity index (χ3n) is 4.16. The summed E-state index contributed by atoms with van der Waals surface area (Å²) in [5.41, 5.74) is 4.41. The van der Waals surface area contributed by atoms with Crippen LogP contribution in [0.5, 0.6) is 5.88 Å². The first-order chi connectivity index (χ1) is 9.84. The van der Waals surface area contributed by atoms with Crippen LogP contribution in [0.3, 0.4) is 0 Å². The van der Waals surface area contributed by atoms with Crippen LogP contribution in [0, 0.1) is 6.92 Å². The quantitative estimate of drug-likeness (QED) is 0.449. The van der Waals surface area contributed by atoms with Crippen LogP contribution in [0.15, 0.2) is 42.5 Å². The van der Waals surface area contributed by atoms with Gasteiger partial charge in [-0.05, 0) is 12.3 Å². The summed E-state index contributed by atoms with van der Waals surface area (Å²) < 4.78 is 8.08. The Morgan fingerprint density at radius 3 is 2.70 bits per heavy atom. The van der Waals surface area contributed by atoms with Gasteiger partial charge in [0.2, 0.25) is 5.88 Å². The summed E-state index contributed by atoms with van der Waals surface area (Å²) in [7, 11) is 0. The van der Waals surface area contributed by atoms with Gasteiger partial charge in [-0.25, -0.2) is 4.98 Å². The van der Waals surface area contributed by atoms with Crippen molar-refractivity contribution in [3.63, 3.8) is 0 Å². The molecule has 2 aromatic heterocycles. The molecule has 0 amide bonds. The molecule has 0 atom stereocenters. The van der Waals surface area contributed by atoms with E-state index in [2.05, 4.69) is 46.9 Å². The van der Waals surface area contributed by atoms with Crippen LogP contribution in [0.2, 0.25) is 0 Å². The molecule has 0 bridgehead atoms. The van der Waals surface area contributed by atoms with Crippen molar-refractivity contribution in [3.8, 4) is 5.88 Å². The van der Waals surface area contributed by atoms with Gasteiger partial charge in [0, 0.05) is 16.3 Å². The van der Waals surface area contributed by atoms with Gasteiger partial charge in [0.05, 0.1) is 5.52 Å². The number of imidazole rings is 1. The molecule has 96 valence electrons. The first-order valence-electron chi connectivity index (χ1n) is 6.79. The monoisotopic (exact) mass is 260 g/mol. The van der Waals surface area contributed by atoms with Gasteiger partial charge in [-0.15, -0.1) is 0 Å². The lowest BCUT2D eigenvalue weighted by Crippen LogP contribution is -2.08. The van der Waals surface area contributed by atoms with Crippen molar-refractivity contribution in [2.75, 3.05) is 0 Å². The Morgan fingerprint density at radius 2 is 1.80 bits per heavy atom. The third kappa shape index (κ3) is 1.05. The number of fused-ring (bicyclic) bond motifs is 3. The zero-order chi connectivity index (χ0) is 13.3. The minimum Gasteiger partial charge on any atom is -0.472 e. The lowest BCUT2D eigenvalue weighted by Gasteiger charge is -2.19. The summed E-state index contributed by atoms with van der Waals surface area (Å²) in [6.45, 7) is 2.63. The average molecular weight is 260 g/mol. The first-order valence-corrected chi connectivity index (χ1v) is 6.79. The molecule has 2 aromatic carbocycles. The van der Waals surface area contributed by atoms with Crippen LogP contribution in [-0.4, -0.2) is 9.38 Å². The summed E-state index contributed by atoms with van der Waals surface area (Å²) in [5, 5.41) is 3.71. The second-order valence-electron chi connectivity index (χ2n) is 5.31. The molecule has 0 saturated heterocycles. The summed E-state index contributed by atoms with van der Waals surface area (Å²) >= 11 is 0. The Morgan fingerprint density at radius 1 is 1.00 bits per heavy atom. The predicted octanol–water partition coefficient (Wildman–Crippen LogP) is 3.84. The highest BCUT2D eigenvalue weighted by Gasteiger charge is 2.22. The topological polar surface area (TPSA) is 26.5 Å². The second kappa shape index (κ2) is 3.31. The van der Waals surface area contributed by atoms with Gasteiger partial charge in [-0.3, -0.25) is 4.40 Å². The van der Waals surface area contributed by atoms with E-state index in [1.54, 1.807) is 0 Å². The van der Waals surface area contributed by atoms with Crippen molar-refractivity contribution in [1.82, 2.24) is 9.38 Å². The fourth-order valence-electron chi connectivity index (χ4n) is 3.32. The Labute approximate surface area is 115 Å². The van der Waals surface area contributed by atoms with Crippen molar-refractivity contribution in [2.45, 2.75) is 13.5 Å². The lowest BCUT2D eigenvalue weighted by molar-refractivity contribution is 0.283. The predicted molar refractivity (Wildman–Crippen MR) is 79.3 cm³/mol. The molecule has 1 aliphatic rings. The summed E-state index contributed by atoms with van der Waals surface area (Å²) in [6, 6.07) is 14.9. The highest BCUT2D eigenvalue weighted by atomic mass is 16.5. The first kappa shape index (κ1) is 10.3. The van der Waals surface area contributed by atoms with Gasteiger partial charge in [0.15, 0.2) is 0 Å². The van der Waals surface area contributed by atoms with E-state index in [9.17, 15) is 0 Å². The molecule has 3 heteroatoms. The number of benzene rings is 2. The van der Waals surface area contributed by atoms with Gasteiger partial charge in [-0.1, -0.05) is 42.5 Å². The molecule has 0 radical (unpaired) electrons. The molecule has 1 aliphatic heterocycles. The molecule has 0 N–H and O–H groups in total. The Kier molecular flexibility index (Phi) is 1.70. The minimum atomic E-state index is 0.622. The van der Waals surface area contributed by atoms with Crippen molar-refractivity contribution in [2.24, 2.45) is 0 Å². The fourth-order valence-corrected chi connectivity index (χ4v) is 3.32. The summed E-state index contributed by atoms with van der Waals surface area (Å²) in [4.78, 5) is 4.73. The maximum absolute atomic E-state index is 5.91. The Balaban J connectivity index is 2.26. The second-order valence-corrected chi connectivity index (χ2v) is 5.31. The highest BCUT2D eigenvalue weighted by Crippen LogP contribution is 2.37. The molecular formula is C17H12N2O. The molecule has 5 rings (SSSR count). The van der Waals surface area contributed by atoms with E-state index in [4.69, 9.17) is 9.72 Å². The minimum absolute atomic E-state index is 0.622. The van der Waals surface area contributed by atoms with Gasteiger partial charge >= 0.3 is 0 Å². The molecule has 0 fully saturated rings. The summed E-state index contributed by atoms with van der Waals surface area (Å²) in [5.74, 6) is 0.884. The molecule has 3 heterocycles. The normalized spacial score (nSPS) is 13.4. The zero-order valence-corrected chi connectivity index (χ0v) is 11.1. The average Bonchev–Trinajstić information content (AvgIpc) is 2.84. The van der Waals surface area contributed by atoms with Crippen molar-refractivity contribution in [1.29, 1.82) is 0 Å². The zero-order valence-electron chi connectivity index (χ0n) is 11.1. The number of aromatic nitrogens is 2. The van der Waals surface area contributed by atoms with Crippen molar-refractivity contribution < 1.29 is 4.74 Å². The van der Waals surface area contributed by atoms with E-state index < -0.39 is 0 Å². The number of aryl methyl sites for hydroxylation is 1. The Hall–Kier alpha value is -2.55. The van der Waals surface area contributed by atoms with Crippen LogP contribution in [-0.2, 0) is 6.61 Å². The van der Waals surface area contributed by atoms with E-state index in [0.717, 1.165) is 17.2 Å². The van der Waals surface area contributed by atoms with Crippen LogP contribution in [0.25, 0.3) is 27.3 Å². The summed E-state index contributed by atoms with van der Waals surface area (Å²) in [6.07, 6.45) is 0. The van der Waals surface area contributed by atoms with Crippen LogP contribution in [0.1, 0.15) is 11.3 Å². The largest absolute Gasteiger partial charge is 0.472 e. The molecule has 0 spiro atoms. The molecule has 20 heavy (non-hydrogen) atoms. The number of pyridine rings is 1. The molecule has 0 unspecified atom stereocenters. The fraction of sp³-hybridized carbons (Fsp3) is 0.118. The van der Waals surface area contributed by atoms with Gasteiger partial charge < -0.3 is 4.74 Å². The van der Waals surface area contributed by atoms with Crippen molar-refractivity contribution in [3.05, 3.63) is 53.7 Å². The van der Waals surface area contributed by atoms with Gasteiger partial charge in [0.1, 0.15) is 17.9 Å². The van der Waals surface area contributed by atoms with E-state index in [-0.39, 0.29) is 0 Å². The van der Waals surface area contributed by atoms with Crippen LogP contribution in [0.4, 0.5) is 0 Å². The number of rotatable bonds is 0. The number of para-hydroxylation sites is 1. The van der Waals surface area contributed by atoms with Gasteiger partial charge in [-0.2, -0.15) is 0 Å². The van der Waals surface area contributed by atoms with Crippen molar-refractivity contribution >= 4 is 27.3 Å².